The summed E-state index contributed by atoms with van der Waals surface area (Å²) < 4.78 is 1.36. The van der Waals surface area contributed by atoms with Crippen LogP contribution in [0.2, 0.25) is 0 Å². The third-order valence-corrected chi connectivity index (χ3v) is 5.02. The SMILES string of the molecule is NCCNc1cnc(-c2ccccc2)n(C(Cc2cc3cnccc3[nH]2)C(N)=O)c1=O. The van der Waals surface area contributed by atoms with Crippen molar-refractivity contribution in [2.75, 3.05) is 18.4 Å². The number of anilines is 1. The molecule has 1 amide bonds. The highest BCUT2D eigenvalue weighted by Gasteiger charge is 2.25. The van der Waals surface area contributed by atoms with Crippen molar-refractivity contribution in [1.29, 1.82) is 0 Å². The normalized spacial score (nSPS) is 12.0. The number of primary amides is 1. The summed E-state index contributed by atoms with van der Waals surface area (Å²) in [5.74, 6) is -0.265. The lowest BCUT2D eigenvalue weighted by Crippen LogP contribution is -2.38. The van der Waals surface area contributed by atoms with Gasteiger partial charge in [0.15, 0.2) is 0 Å². The Labute approximate surface area is 178 Å². The van der Waals surface area contributed by atoms with E-state index in [9.17, 15) is 9.59 Å². The maximum atomic E-state index is 13.4. The number of carbonyl (C=O) groups is 1. The molecule has 3 heterocycles. The number of aromatic nitrogens is 4. The summed E-state index contributed by atoms with van der Waals surface area (Å²) in [5.41, 5.74) is 13.6. The van der Waals surface area contributed by atoms with Gasteiger partial charge in [0.05, 0.1) is 6.20 Å². The Morgan fingerprint density at radius 2 is 2.00 bits per heavy atom. The number of nitrogens with one attached hydrogen (secondary N) is 2. The minimum absolute atomic E-state index is 0.200. The van der Waals surface area contributed by atoms with E-state index in [1.165, 1.54) is 10.8 Å². The summed E-state index contributed by atoms with van der Waals surface area (Å²) in [6.45, 7) is 0.750. The van der Waals surface area contributed by atoms with Crippen molar-refractivity contribution in [3.05, 3.63) is 77.1 Å². The van der Waals surface area contributed by atoms with Crippen molar-refractivity contribution in [3.63, 3.8) is 0 Å². The highest BCUT2D eigenvalue weighted by molar-refractivity contribution is 5.81. The Hall–Kier alpha value is -3.98. The van der Waals surface area contributed by atoms with Crippen LogP contribution < -0.4 is 22.3 Å². The van der Waals surface area contributed by atoms with Crippen LogP contribution in [0.25, 0.3) is 22.3 Å². The lowest BCUT2D eigenvalue weighted by atomic mass is 10.1. The number of pyridine rings is 1. The molecule has 0 aliphatic heterocycles. The number of aromatic amines is 1. The van der Waals surface area contributed by atoms with Crippen molar-refractivity contribution >= 4 is 22.5 Å². The van der Waals surface area contributed by atoms with Gasteiger partial charge in [-0.05, 0) is 12.1 Å². The zero-order valence-corrected chi connectivity index (χ0v) is 16.8. The van der Waals surface area contributed by atoms with Crippen LogP contribution in [0.4, 0.5) is 5.69 Å². The first-order valence-electron chi connectivity index (χ1n) is 9.90. The van der Waals surface area contributed by atoms with Crippen LogP contribution in [0.15, 0.2) is 65.8 Å². The molecule has 0 saturated heterocycles. The van der Waals surface area contributed by atoms with Gasteiger partial charge < -0.3 is 21.8 Å². The number of nitrogens with zero attached hydrogens (tertiary/aromatic N) is 3. The lowest BCUT2D eigenvalue weighted by Gasteiger charge is -2.21. The Bertz CT molecular complexity index is 1230. The predicted octanol–water partition coefficient (Wildman–Crippen LogP) is 1.43. The van der Waals surface area contributed by atoms with Gasteiger partial charge in [0.25, 0.3) is 5.56 Å². The fourth-order valence-electron chi connectivity index (χ4n) is 3.56. The molecule has 6 N–H and O–H groups in total. The van der Waals surface area contributed by atoms with Crippen molar-refractivity contribution < 1.29 is 4.79 Å². The van der Waals surface area contributed by atoms with Crippen LogP contribution in [-0.4, -0.2) is 38.5 Å². The first kappa shape index (κ1) is 20.3. The predicted molar refractivity (Wildman–Crippen MR) is 120 cm³/mol. The standard InChI is InChI=1S/C22H23N7O2/c23-7-9-26-18-13-27-21(14-4-2-1-3-5-14)29(22(18)31)19(20(24)30)11-16-10-15-12-25-8-6-17(15)28-16/h1-6,8,10,12-13,19,26,28H,7,9,11,23H2,(H2,24,30). The van der Waals surface area contributed by atoms with E-state index < -0.39 is 11.9 Å². The molecule has 1 unspecified atom stereocenters. The highest BCUT2D eigenvalue weighted by Crippen LogP contribution is 2.24. The molecule has 4 aromatic rings. The molecule has 0 spiro atoms. The van der Waals surface area contributed by atoms with Crippen LogP contribution in [0.5, 0.6) is 0 Å². The number of nitrogens with two attached hydrogens (primary N) is 2. The molecule has 31 heavy (non-hydrogen) atoms. The zero-order chi connectivity index (χ0) is 21.8. The van der Waals surface area contributed by atoms with E-state index in [0.717, 1.165) is 16.6 Å². The maximum absolute atomic E-state index is 13.4. The van der Waals surface area contributed by atoms with Gasteiger partial charge in [-0.3, -0.25) is 19.1 Å². The number of amides is 1. The lowest BCUT2D eigenvalue weighted by molar-refractivity contribution is -0.121. The van der Waals surface area contributed by atoms with E-state index in [4.69, 9.17) is 11.5 Å². The number of H-pyrrole nitrogens is 1. The number of hydrogen-bond donors (Lipinski definition) is 4. The summed E-state index contributed by atoms with van der Waals surface area (Å²) in [6, 6.07) is 12.0. The number of benzene rings is 1. The number of rotatable bonds is 8. The molecule has 0 aliphatic carbocycles. The molecule has 0 saturated carbocycles. The van der Waals surface area contributed by atoms with Gasteiger partial charge in [0.1, 0.15) is 17.6 Å². The van der Waals surface area contributed by atoms with Crippen molar-refractivity contribution in [1.82, 2.24) is 19.5 Å². The van der Waals surface area contributed by atoms with Gasteiger partial charge in [-0.1, -0.05) is 30.3 Å². The molecular weight excluding hydrogens is 394 g/mol. The van der Waals surface area contributed by atoms with E-state index >= 15 is 0 Å². The second-order valence-corrected chi connectivity index (χ2v) is 7.13. The van der Waals surface area contributed by atoms with Gasteiger partial charge in [-0.15, -0.1) is 0 Å². The van der Waals surface area contributed by atoms with Crippen molar-refractivity contribution in [2.45, 2.75) is 12.5 Å². The molecular formula is C22H23N7O2. The third-order valence-electron chi connectivity index (χ3n) is 5.02. The number of hydrogen-bond acceptors (Lipinski definition) is 6. The Morgan fingerprint density at radius 1 is 1.19 bits per heavy atom. The van der Waals surface area contributed by atoms with E-state index in [1.54, 1.807) is 12.4 Å². The molecule has 0 fully saturated rings. The van der Waals surface area contributed by atoms with Crippen LogP contribution in [0.3, 0.4) is 0 Å². The fraction of sp³-hybridized carbons (Fsp3) is 0.182. The van der Waals surface area contributed by atoms with E-state index in [-0.39, 0.29) is 17.7 Å². The van der Waals surface area contributed by atoms with Gasteiger partial charge in [-0.25, -0.2) is 4.98 Å². The average Bonchev–Trinajstić information content (AvgIpc) is 3.20. The molecule has 9 heteroatoms. The first-order valence-corrected chi connectivity index (χ1v) is 9.90. The maximum Gasteiger partial charge on any atom is 0.277 e. The molecule has 4 rings (SSSR count). The molecule has 158 valence electrons. The first-order chi connectivity index (χ1) is 15.1. The molecule has 3 aromatic heterocycles. The van der Waals surface area contributed by atoms with Crippen LogP contribution in [0.1, 0.15) is 11.7 Å². The second kappa shape index (κ2) is 8.80. The quantitative estimate of drug-likeness (QED) is 0.341. The summed E-state index contributed by atoms with van der Waals surface area (Å²) in [5, 5.41) is 3.88. The average molecular weight is 417 g/mol. The minimum atomic E-state index is -0.948. The van der Waals surface area contributed by atoms with E-state index in [0.29, 0.717) is 24.5 Å². The molecule has 0 bridgehead atoms. The van der Waals surface area contributed by atoms with Crippen LogP contribution >= 0.6 is 0 Å². The molecule has 0 radical (unpaired) electrons. The van der Waals surface area contributed by atoms with E-state index in [1.807, 2.05) is 42.5 Å². The Balaban J connectivity index is 1.84. The Kier molecular flexibility index (Phi) is 5.76. The van der Waals surface area contributed by atoms with Gasteiger partial charge in [0, 0.05) is 54.1 Å². The fourth-order valence-corrected chi connectivity index (χ4v) is 3.56. The topological polar surface area (TPSA) is 145 Å². The highest BCUT2D eigenvalue weighted by atomic mass is 16.2. The van der Waals surface area contributed by atoms with Crippen LogP contribution in [0, 0.1) is 0 Å². The second-order valence-electron chi connectivity index (χ2n) is 7.13. The number of fused-ring (bicyclic) bond motifs is 1. The molecule has 1 aromatic carbocycles. The molecule has 9 nitrogen and oxygen atoms in total. The van der Waals surface area contributed by atoms with Gasteiger partial charge >= 0.3 is 0 Å². The van der Waals surface area contributed by atoms with E-state index in [2.05, 4.69) is 20.3 Å². The number of carbonyl (C=O) groups excluding carboxylic acids is 1. The third kappa shape index (κ3) is 4.17. The van der Waals surface area contributed by atoms with Crippen molar-refractivity contribution in [2.24, 2.45) is 11.5 Å². The minimum Gasteiger partial charge on any atom is -0.378 e. The summed E-state index contributed by atoms with van der Waals surface area (Å²) in [6.07, 6.45) is 5.08. The largest absolute Gasteiger partial charge is 0.378 e. The monoisotopic (exact) mass is 417 g/mol. The smallest absolute Gasteiger partial charge is 0.277 e. The van der Waals surface area contributed by atoms with Gasteiger partial charge in [-0.2, -0.15) is 0 Å². The molecule has 0 aliphatic rings. The van der Waals surface area contributed by atoms with Crippen LogP contribution in [-0.2, 0) is 11.2 Å². The summed E-state index contributed by atoms with van der Waals surface area (Å²) in [4.78, 5) is 37.8. The zero-order valence-electron chi connectivity index (χ0n) is 16.8. The summed E-state index contributed by atoms with van der Waals surface area (Å²) in [7, 11) is 0. The summed E-state index contributed by atoms with van der Waals surface area (Å²) >= 11 is 0. The Morgan fingerprint density at radius 3 is 2.71 bits per heavy atom. The van der Waals surface area contributed by atoms with Gasteiger partial charge in [0.2, 0.25) is 5.91 Å². The molecule has 1 atom stereocenters. The van der Waals surface area contributed by atoms with Crippen molar-refractivity contribution in [3.8, 4) is 11.4 Å².